The van der Waals surface area contributed by atoms with Crippen LogP contribution in [0.5, 0.6) is 0 Å². The summed E-state index contributed by atoms with van der Waals surface area (Å²) in [6.07, 6.45) is -7.13. The molecule has 10 heteroatoms. The van der Waals surface area contributed by atoms with Crippen LogP contribution in [0.25, 0.3) is 11.3 Å². The van der Waals surface area contributed by atoms with Gasteiger partial charge in [-0.2, -0.15) is 18.2 Å². The van der Waals surface area contributed by atoms with E-state index in [0.29, 0.717) is 22.9 Å². The number of pyridine rings is 1. The van der Waals surface area contributed by atoms with Crippen molar-refractivity contribution in [2.45, 2.75) is 46.3 Å². The smallest absolute Gasteiger partial charge is 0.328 e. The van der Waals surface area contributed by atoms with Crippen molar-refractivity contribution in [2.24, 2.45) is 11.5 Å². The van der Waals surface area contributed by atoms with E-state index < -0.39 is 24.6 Å². The molecule has 0 amide bonds. The second-order valence-corrected chi connectivity index (χ2v) is 7.20. The Morgan fingerprint density at radius 1 is 1.13 bits per heavy atom. The maximum Gasteiger partial charge on any atom is 0.493 e. The van der Waals surface area contributed by atoms with Crippen molar-refractivity contribution in [2.75, 3.05) is 11.6 Å². The zero-order chi connectivity index (χ0) is 22.4. The normalized spacial score (nSPS) is 19.6. The van der Waals surface area contributed by atoms with Crippen LogP contribution in [-0.2, 0) is 9.63 Å². The molecule has 2 heterocycles. The third kappa shape index (κ3) is 3.73. The summed E-state index contributed by atoms with van der Waals surface area (Å²) >= 11 is 0. The van der Waals surface area contributed by atoms with Crippen molar-refractivity contribution in [3.8, 4) is 11.3 Å². The van der Waals surface area contributed by atoms with Crippen LogP contribution in [-0.4, -0.2) is 34.9 Å². The van der Waals surface area contributed by atoms with Crippen molar-refractivity contribution in [3.63, 3.8) is 0 Å². The van der Waals surface area contributed by atoms with Gasteiger partial charge in [0.05, 0.1) is 11.9 Å². The summed E-state index contributed by atoms with van der Waals surface area (Å²) in [7, 11) is 0. The standard InChI is InChI=1S/C20H24F3N5O2/c1-5-27-16(24)13-8-9-14(15-11(3)7-6-10(2)12(15)4)26-17(13)28(19(27)25)30-18(29)20(21,22)23/h6-9,16,19H,5,24-25H2,1-4H3. The van der Waals surface area contributed by atoms with Crippen LogP contribution in [0.3, 0.4) is 0 Å². The molecule has 1 aromatic carbocycles. The Kier molecular flexibility index (Phi) is 5.76. The minimum absolute atomic E-state index is 0.0184. The van der Waals surface area contributed by atoms with Gasteiger partial charge in [0.25, 0.3) is 0 Å². The van der Waals surface area contributed by atoms with E-state index in [2.05, 4.69) is 9.82 Å². The molecule has 2 atom stereocenters. The van der Waals surface area contributed by atoms with Gasteiger partial charge in [0, 0.05) is 17.7 Å². The highest BCUT2D eigenvalue weighted by Crippen LogP contribution is 2.37. The molecule has 0 radical (unpaired) electrons. The van der Waals surface area contributed by atoms with E-state index in [-0.39, 0.29) is 5.82 Å². The number of hydrogen-bond acceptors (Lipinski definition) is 7. The summed E-state index contributed by atoms with van der Waals surface area (Å²) in [5.74, 6) is -2.40. The first-order chi connectivity index (χ1) is 14.0. The number of alkyl halides is 3. The first kappa shape index (κ1) is 22.0. The Labute approximate surface area is 172 Å². The summed E-state index contributed by atoms with van der Waals surface area (Å²) < 4.78 is 38.6. The predicted molar refractivity (Wildman–Crippen MR) is 106 cm³/mol. The zero-order valence-corrected chi connectivity index (χ0v) is 17.1. The van der Waals surface area contributed by atoms with Crippen LogP contribution in [0.2, 0.25) is 0 Å². The fraction of sp³-hybridized carbons (Fsp3) is 0.400. The summed E-state index contributed by atoms with van der Waals surface area (Å²) in [6, 6.07) is 7.35. The van der Waals surface area contributed by atoms with E-state index in [0.717, 1.165) is 22.3 Å². The van der Waals surface area contributed by atoms with Gasteiger partial charge >= 0.3 is 12.1 Å². The number of hydrogen-bond donors (Lipinski definition) is 2. The lowest BCUT2D eigenvalue weighted by Crippen LogP contribution is -2.61. The number of halogens is 3. The van der Waals surface area contributed by atoms with Crippen molar-refractivity contribution in [1.82, 2.24) is 9.88 Å². The number of carbonyl (C=O) groups is 1. The number of fused-ring (bicyclic) bond motifs is 1. The van der Waals surface area contributed by atoms with Gasteiger partial charge in [0.1, 0.15) is 0 Å². The molecule has 1 aliphatic heterocycles. The lowest BCUT2D eigenvalue weighted by atomic mass is 9.95. The monoisotopic (exact) mass is 423 g/mol. The third-order valence-electron chi connectivity index (χ3n) is 5.35. The van der Waals surface area contributed by atoms with Crippen LogP contribution >= 0.6 is 0 Å². The Hall–Kier alpha value is -2.69. The maximum atomic E-state index is 12.9. The fourth-order valence-electron chi connectivity index (χ4n) is 3.58. The van der Waals surface area contributed by atoms with E-state index in [1.807, 2.05) is 32.9 Å². The molecule has 0 saturated heterocycles. The fourth-order valence-corrected chi connectivity index (χ4v) is 3.58. The molecule has 2 unspecified atom stereocenters. The molecular weight excluding hydrogens is 399 g/mol. The topological polar surface area (TPSA) is 97.7 Å². The lowest BCUT2D eigenvalue weighted by Gasteiger charge is -2.44. The van der Waals surface area contributed by atoms with Gasteiger partial charge in [-0.3, -0.25) is 5.73 Å². The minimum atomic E-state index is -5.18. The molecule has 3 rings (SSSR count). The Balaban J connectivity index is 2.17. The van der Waals surface area contributed by atoms with E-state index >= 15 is 0 Å². The molecule has 1 aromatic heterocycles. The predicted octanol–water partition coefficient (Wildman–Crippen LogP) is 3.04. The summed E-state index contributed by atoms with van der Waals surface area (Å²) in [4.78, 5) is 22.2. The molecule has 7 nitrogen and oxygen atoms in total. The first-order valence-corrected chi connectivity index (χ1v) is 9.40. The number of nitrogens with zero attached hydrogens (tertiary/aromatic N) is 3. The molecule has 30 heavy (non-hydrogen) atoms. The summed E-state index contributed by atoms with van der Waals surface area (Å²) in [5, 5.41) is 0.683. The van der Waals surface area contributed by atoms with Crippen molar-refractivity contribution in [1.29, 1.82) is 0 Å². The van der Waals surface area contributed by atoms with Gasteiger partial charge in [-0.05, 0) is 43.5 Å². The number of aromatic nitrogens is 1. The molecule has 0 fully saturated rings. The molecule has 0 spiro atoms. The average Bonchev–Trinajstić information content (AvgIpc) is 2.67. The highest BCUT2D eigenvalue weighted by molar-refractivity contribution is 5.77. The van der Waals surface area contributed by atoms with Crippen LogP contribution in [0.1, 0.15) is 35.3 Å². The zero-order valence-electron chi connectivity index (χ0n) is 17.1. The highest BCUT2D eigenvalue weighted by atomic mass is 19.4. The van der Waals surface area contributed by atoms with Gasteiger partial charge < -0.3 is 10.6 Å². The van der Waals surface area contributed by atoms with Crippen LogP contribution < -0.4 is 16.5 Å². The molecule has 162 valence electrons. The van der Waals surface area contributed by atoms with Gasteiger partial charge in [-0.1, -0.05) is 25.1 Å². The van der Waals surface area contributed by atoms with Crippen LogP contribution in [0, 0.1) is 20.8 Å². The number of aryl methyl sites for hydroxylation is 2. The van der Waals surface area contributed by atoms with Gasteiger partial charge in [0.15, 0.2) is 12.1 Å². The summed E-state index contributed by atoms with van der Waals surface area (Å²) in [5.41, 5.74) is 17.1. The second kappa shape index (κ2) is 7.86. The molecule has 0 aliphatic carbocycles. The number of rotatable bonds is 3. The highest BCUT2D eigenvalue weighted by Gasteiger charge is 2.46. The van der Waals surface area contributed by atoms with E-state index in [1.54, 1.807) is 19.1 Å². The Bertz CT molecular complexity index is 980. The van der Waals surface area contributed by atoms with Crippen molar-refractivity contribution < 1.29 is 22.8 Å². The van der Waals surface area contributed by atoms with Crippen molar-refractivity contribution in [3.05, 3.63) is 46.5 Å². The maximum absolute atomic E-state index is 12.9. The Morgan fingerprint density at radius 2 is 1.77 bits per heavy atom. The number of anilines is 1. The molecule has 2 aromatic rings. The number of hydroxylamine groups is 1. The molecule has 1 aliphatic rings. The molecular formula is C20H24F3N5O2. The van der Waals surface area contributed by atoms with E-state index in [1.165, 1.54) is 4.90 Å². The molecule has 4 N–H and O–H groups in total. The number of benzene rings is 1. The quantitative estimate of drug-likeness (QED) is 0.783. The van der Waals surface area contributed by atoms with Crippen LogP contribution in [0.15, 0.2) is 24.3 Å². The third-order valence-corrected chi connectivity index (χ3v) is 5.35. The Morgan fingerprint density at radius 3 is 2.37 bits per heavy atom. The summed E-state index contributed by atoms with van der Waals surface area (Å²) in [6.45, 7) is 7.88. The molecule has 0 bridgehead atoms. The molecule has 0 saturated carbocycles. The number of nitrogens with two attached hydrogens (primary N) is 2. The number of carbonyl (C=O) groups excluding carboxylic acids is 1. The SMILES string of the molecule is CCN1C(N)c2ccc(-c3c(C)ccc(C)c3C)nc2N(OC(=O)C(F)(F)F)C1N. The minimum Gasteiger partial charge on any atom is -0.328 e. The second-order valence-electron chi connectivity index (χ2n) is 7.20. The lowest BCUT2D eigenvalue weighted by molar-refractivity contribution is -0.204. The van der Waals surface area contributed by atoms with Crippen LogP contribution in [0.4, 0.5) is 19.0 Å². The van der Waals surface area contributed by atoms with Crippen molar-refractivity contribution >= 4 is 11.8 Å². The van der Waals surface area contributed by atoms with Gasteiger partial charge in [-0.15, -0.1) is 0 Å². The first-order valence-electron chi connectivity index (χ1n) is 9.40. The van der Waals surface area contributed by atoms with Gasteiger partial charge in [-0.25, -0.2) is 14.7 Å². The van der Waals surface area contributed by atoms with E-state index in [4.69, 9.17) is 11.5 Å². The van der Waals surface area contributed by atoms with E-state index in [9.17, 15) is 18.0 Å². The van der Waals surface area contributed by atoms with Gasteiger partial charge in [0.2, 0.25) is 0 Å². The largest absolute Gasteiger partial charge is 0.493 e. The average molecular weight is 423 g/mol.